The van der Waals surface area contributed by atoms with E-state index in [0.29, 0.717) is 6.54 Å². The third-order valence-electron chi connectivity index (χ3n) is 2.95. The van der Waals surface area contributed by atoms with E-state index in [1.54, 1.807) is 6.20 Å². The highest BCUT2D eigenvalue weighted by Gasteiger charge is 2.06. The van der Waals surface area contributed by atoms with Crippen LogP contribution in [-0.2, 0) is 24.3 Å². The fourth-order valence-corrected chi connectivity index (χ4v) is 2.02. The number of aryl methyl sites for hydroxylation is 1. The SMILES string of the molecule is CCn1nccc1CNc1ccccc1CC(N)=O. The standard InChI is InChI=1S/C14H18N4O/c1-2-18-12(7-8-17-18)10-16-13-6-4-3-5-11(13)9-14(15)19/h3-8,16H,2,9-10H2,1H3,(H2,15,19). The van der Waals surface area contributed by atoms with E-state index in [0.717, 1.165) is 23.5 Å². The van der Waals surface area contributed by atoms with Crippen molar-refractivity contribution in [2.45, 2.75) is 26.4 Å². The molecule has 5 heteroatoms. The van der Waals surface area contributed by atoms with E-state index < -0.39 is 0 Å². The predicted octanol–water partition coefficient (Wildman–Crippen LogP) is 1.54. The largest absolute Gasteiger partial charge is 0.379 e. The van der Waals surface area contributed by atoms with E-state index in [2.05, 4.69) is 17.3 Å². The quantitative estimate of drug-likeness (QED) is 0.825. The number of anilines is 1. The normalized spacial score (nSPS) is 10.4. The minimum absolute atomic E-state index is 0.246. The van der Waals surface area contributed by atoms with Crippen molar-refractivity contribution >= 4 is 11.6 Å². The first-order valence-corrected chi connectivity index (χ1v) is 6.31. The van der Waals surface area contributed by atoms with Gasteiger partial charge >= 0.3 is 0 Å². The molecular formula is C14H18N4O. The Labute approximate surface area is 112 Å². The van der Waals surface area contributed by atoms with Gasteiger partial charge in [0.2, 0.25) is 5.91 Å². The zero-order chi connectivity index (χ0) is 13.7. The van der Waals surface area contributed by atoms with Crippen LogP contribution in [0.5, 0.6) is 0 Å². The van der Waals surface area contributed by atoms with Crippen LogP contribution in [0.15, 0.2) is 36.5 Å². The second-order valence-electron chi connectivity index (χ2n) is 4.29. The first-order chi connectivity index (χ1) is 9.20. The van der Waals surface area contributed by atoms with Gasteiger partial charge in [0.05, 0.1) is 18.7 Å². The fraction of sp³-hybridized carbons (Fsp3) is 0.286. The molecule has 2 aromatic rings. The number of hydrogen-bond acceptors (Lipinski definition) is 3. The lowest BCUT2D eigenvalue weighted by Gasteiger charge is -2.11. The van der Waals surface area contributed by atoms with E-state index in [-0.39, 0.29) is 12.3 Å². The molecule has 0 fully saturated rings. The summed E-state index contributed by atoms with van der Waals surface area (Å²) in [5.41, 5.74) is 8.21. The number of primary amides is 1. The summed E-state index contributed by atoms with van der Waals surface area (Å²) in [5.74, 6) is -0.326. The van der Waals surface area contributed by atoms with E-state index in [4.69, 9.17) is 5.73 Å². The minimum Gasteiger partial charge on any atom is -0.379 e. The Kier molecular flexibility index (Phi) is 4.18. The molecule has 1 aromatic carbocycles. The lowest BCUT2D eigenvalue weighted by Crippen LogP contribution is -2.15. The Balaban J connectivity index is 2.09. The molecule has 0 aliphatic rings. The smallest absolute Gasteiger partial charge is 0.221 e. The molecule has 2 rings (SSSR count). The number of aromatic nitrogens is 2. The maximum Gasteiger partial charge on any atom is 0.221 e. The molecule has 0 saturated carbocycles. The number of nitrogens with zero attached hydrogens (tertiary/aromatic N) is 2. The van der Waals surface area contributed by atoms with Gasteiger partial charge in [-0.2, -0.15) is 5.10 Å². The van der Waals surface area contributed by atoms with E-state index >= 15 is 0 Å². The third-order valence-corrected chi connectivity index (χ3v) is 2.95. The van der Waals surface area contributed by atoms with Gasteiger partial charge < -0.3 is 11.1 Å². The number of hydrogen-bond donors (Lipinski definition) is 2. The molecule has 100 valence electrons. The molecule has 1 heterocycles. The molecule has 1 amide bonds. The Bertz CT molecular complexity index is 562. The van der Waals surface area contributed by atoms with E-state index in [1.807, 2.05) is 35.0 Å². The first kappa shape index (κ1) is 13.1. The number of amides is 1. The maximum absolute atomic E-state index is 11.0. The van der Waals surface area contributed by atoms with Crippen LogP contribution >= 0.6 is 0 Å². The second kappa shape index (κ2) is 6.04. The monoisotopic (exact) mass is 258 g/mol. The summed E-state index contributed by atoms with van der Waals surface area (Å²) in [7, 11) is 0. The zero-order valence-electron chi connectivity index (χ0n) is 11.0. The topological polar surface area (TPSA) is 72.9 Å². The Morgan fingerprint density at radius 1 is 1.37 bits per heavy atom. The number of carbonyl (C=O) groups is 1. The van der Waals surface area contributed by atoms with E-state index in [1.165, 1.54) is 0 Å². The van der Waals surface area contributed by atoms with Crippen LogP contribution in [0.25, 0.3) is 0 Å². The van der Waals surface area contributed by atoms with Gasteiger partial charge in [0, 0.05) is 18.4 Å². The van der Waals surface area contributed by atoms with E-state index in [9.17, 15) is 4.79 Å². The van der Waals surface area contributed by atoms with Crippen LogP contribution in [0, 0.1) is 0 Å². The van der Waals surface area contributed by atoms with Gasteiger partial charge in [-0.3, -0.25) is 9.48 Å². The summed E-state index contributed by atoms with van der Waals surface area (Å²) in [6.45, 7) is 3.56. The van der Waals surface area contributed by atoms with Crippen molar-refractivity contribution in [3.05, 3.63) is 47.8 Å². The molecule has 0 unspecified atom stereocenters. The molecule has 0 radical (unpaired) electrons. The molecule has 0 aliphatic carbocycles. The Hall–Kier alpha value is -2.30. The number of benzene rings is 1. The van der Waals surface area contributed by atoms with Crippen LogP contribution in [0.2, 0.25) is 0 Å². The lowest BCUT2D eigenvalue weighted by atomic mass is 10.1. The van der Waals surface area contributed by atoms with Gasteiger partial charge in [0.25, 0.3) is 0 Å². The summed E-state index contributed by atoms with van der Waals surface area (Å²) in [5, 5.41) is 7.55. The number of para-hydroxylation sites is 1. The number of rotatable bonds is 6. The summed E-state index contributed by atoms with van der Waals surface area (Å²) in [4.78, 5) is 11.0. The van der Waals surface area contributed by atoms with Crippen molar-refractivity contribution in [2.75, 3.05) is 5.32 Å². The highest BCUT2D eigenvalue weighted by atomic mass is 16.1. The van der Waals surface area contributed by atoms with Gasteiger partial charge in [-0.05, 0) is 24.6 Å². The molecular weight excluding hydrogens is 240 g/mol. The zero-order valence-corrected chi connectivity index (χ0v) is 11.0. The molecule has 0 aliphatic heterocycles. The summed E-state index contributed by atoms with van der Waals surface area (Å²) >= 11 is 0. The molecule has 0 spiro atoms. The number of nitrogens with two attached hydrogens (primary N) is 1. The number of carbonyl (C=O) groups excluding carboxylic acids is 1. The summed E-state index contributed by atoms with van der Waals surface area (Å²) in [6, 6.07) is 9.67. The van der Waals surface area contributed by atoms with Crippen LogP contribution in [-0.4, -0.2) is 15.7 Å². The van der Waals surface area contributed by atoms with Crippen molar-refractivity contribution in [1.29, 1.82) is 0 Å². The average molecular weight is 258 g/mol. The lowest BCUT2D eigenvalue weighted by molar-refractivity contribution is -0.117. The first-order valence-electron chi connectivity index (χ1n) is 6.31. The van der Waals surface area contributed by atoms with Crippen LogP contribution < -0.4 is 11.1 Å². The second-order valence-corrected chi connectivity index (χ2v) is 4.29. The van der Waals surface area contributed by atoms with Gasteiger partial charge in [-0.1, -0.05) is 18.2 Å². The maximum atomic E-state index is 11.0. The molecule has 5 nitrogen and oxygen atoms in total. The average Bonchev–Trinajstić information content (AvgIpc) is 2.84. The van der Waals surface area contributed by atoms with Crippen molar-refractivity contribution in [2.24, 2.45) is 5.73 Å². The van der Waals surface area contributed by atoms with Crippen molar-refractivity contribution < 1.29 is 4.79 Å². The van der Waals surface area contributed by atoms with Gasteiger partial charge in [0.1, 0.15) is 0 Å². The van der Waals surface area contributed by atoms with Crippen LogP contribution in [0.1, 0.15) is 18.2 Å². The molecule has 3 N–H and O–H groups in total. The Morgan fingerprint density at radius 2 is 2.16 bits per heavy atom. The highest BCUT2D eigenvalue weighted by Crippen LogP contribution is 2.16. The minimum atomic E-state index is -0.326. The van der Waals surface area contributed by atoms with Crippen LogP contribution in [0.4, 0.5) is 5.69 Å². The molecule has 0 bridgehead atoms. The summed E-state index contributed by atoms with van der Waals surface area (Å²) < 4.78 is 1.93. The summed E-state index contributed by atoms with van der Waals surface area (Å²) in [6.07, 6.45) is 2.03. The van der Waals surface area contributed by atoms with Crippen molar-refractivity contribution in [1.82, 2.24) is 9.78 Å². The van der Waals surface area contributed by atoms with Gasteiger partial charge in [-0.15, -0.1) is 0 Å². The van der Waals surface area contributed by atoms with Gasteiger partial charge in [0.15, 0.2) is 0 Å². The van der Waals surface area contributed by atoms with Gasteiger partial charge in [-0.25, -0.2) is 0 Å². The fourth-order valence-electron chi connectivity index (χ4n) is 2.02. The third kappa shape index (κ3) is 3.34. The van der Waals surface area contributed by atoms with Crippen LogP contribution in [0.3, 0.4) is 0 Å². The molecule has 0 saturated heterocycles. The number of nitrogens with one attached hydrogen (secondary N) is 1. The Morgan fingerprint density at radius 3 is 2.89 bits per heavy atom. The molecule has 19 heavy (non-hydrogen) atoms. The molecule has 0 atom stereocenters. The van der Waals surface area contributed by atoms with Crippen molar-refractivity contribution in [3.63, 3.8) is 0 Å². The van der Waals surface area contributed by atoms with Crippen molar-refractivity contribution in [3.8, 4) is 0 Å². The molecule has 1 aromatic heterocycles. The predicted molar refractivity (Wildman–Crippen MR) is 74.6 cm³/mol. The highest BCUT2D eigenvalue weighted by molar-refractivity contribution is 5.78.